The number of rotatable bonds is 2. The molecule has 1 aromatic rings. The van der Waals surface area contributed by atoms with Gasteiger partial charge in [-0.2, -0.15) is 0 Å². The van der Waals surface area contributed by atoms with E-state index in [4.69, 9.17) is 0 Å². The summed E-state index contributed by atoms with van der Waals surface area (Å²) in [6, 6.07) is 1.22. The van der Waals surface area contributed by atoms with E-state index in [2.05, 4.69) is 36.1 Å². The van der Waals surface area contributed by atoms with Crippen LogP contribution in [0.15, 0.2) is 16.9 Å². The lowest BCUT2D eigenvalue weighted by molar-refractivity contribution is 0.192. The topological polar surface area (TPSA) is 41.1 Å². The van der Waals surface area contributed by atoms with E-state index >= 15 is 0 Å². The fraction of sp³-hybridized carbons (Fsp3) is 0.667. The number of nitrogens with one attached hydrogen (secondary N) is 1. The summed E-state index contributed by atoms with van der Waals surface area (Å²) in [6.07, 6.45) is 8.84. The molecule has 17 heavy (non-hydrogen) atoms. The van der Waals surface area contributed by atoms with Crippen LogP contribution >= 0.6 is 15.9 Å². The van der Waals surface area contributed by atoms with Crippen LogP contribution in [-0.4, -0.2) is 40.0 Å². The predicted molar refractivity (Wildman–Crippen MR) is 71.0 cm³/mol. The zero-order valence-electron chi connectivity index (χ0n) is 9.77. The molecule has 0 aromatic carbocycles. The maximum absolute atomic E-state index is 4.29. The molecule has 0 aliphatic carbocycles. The average Bonchev–Trinajstić information content (AvgIpc) is 2.76. The molecule has 0 spiro atoms. The highest BCUT2D eigenvalue weighted by Gasteiger charge is 2.35. The molecule has 4 nitrogen and oxygen atoms in total. The number of aromatic nitrogens is 2. The Bertz CT molecular complexity index is 381. The van der Waals surface area contributed by atoms with Crippen LogP contribution in [0.1, 0.15) is 25.7 Å². The van der Waals surface area contributed by atoms with Gasteiger partial charge < -0.3 is 5.32 Å². The van der Waals surface area contributed by atoms with E-state index in [-0.39, 0.29) is 0 Å². The minimum absolute atomic E-state index is 0.525. The monoisotopic (exact) mass is 296 g/mol. The van der Waals surface area contributed by atoms with Gasteiger partial charge in [0.15, 0.2) is 0 Å². The second-order valence-electron chi connectivity index (χ2n) is 4.86. The van der Waals surface area contributed by atoms with Crippen LogP contribution < -0.4 is 5.32 Å². The van der Waals surface area contributed by atoms with E-state index in [0.717, 1.165) is 10.4 Å². The Hall–Kier alpha value is -0.680. The van der Waals surface area contributed by atoms with E-state index in [0.29, 0.717) is 12.1 Å². The Balaban J connectivity index is 1.67. The number of fused-ring (bicyclic) bond motifs is 1. The molecule has 0 saturated carbocycles. The first-order valence-electron chi connectivity index (χ1n) is 6.31. The Labute approximate surface area is 110 Å². The first-order valence-corrected chi connectivity index (χ1v) is 7.10. The van der Waals surface area contributed by atoms with Crippen molar-refractivity contribution < 1.29 is 0 Å². The lowest BCUT2D eigenvalue weighted by atomic mass is 9.99. The lowest BCUT2D eigenvalue weighted by Gasteiger charge is -2.32. The summed E-state index contributed by atoms with van der Waals surface area (Å²) in [4.78, 5) is 11.2. The molecule has 3 rings (SSSR count). The van der Waals surface area contributed by atoms with Gasteiger partial charge in [-0.15, -0.1) is 0 Å². The highest BCUT2D eigenvalue weighted by molar-refractivity contribution is 9.10. The second-order valence-corrected chi connectivity index (χ2v) is 5.78. The number of anilines is 1. The van der Waals surface area contributed by atoms with Crippen molar-refractivity contribution in [2.45, 2.75) is 37.8 Å². The van der Waals surface area contributed by atoms with Crippen LogP contribution in [0.5, 0.6) is 0 Å². The molecule has 5 heteroatoms. The summed E-state index contributed by atoms with van der Waals surface area (Å²) in [5, 5.41) is 3.48. The average molecular weight is 297 g/mol. The molecule has 1 aromatic heterocycles. The minimum atomic E-state index is 0.525. The first-order chi connectivity index (χ1) is 8.33. The number of halogens is 1. The fourth-order valence-corrected chi connectivity index (χ4v) is 3.17. The molecule has 3 heterocycles. The Kier molecular flexibility index (Phi) is 3.29. The van der Waals surface area contributed by atoms with Gasteiger partial charge in [0.2, 0.25) is 5.95 Å². The summed E-state index contributed by atoms with van der Waals surface area (Å²) in [7, 11) is 0. The summed E-state index contributed by atoms with van der Waals surface area (Å²) in [5.74, 6) is 0.755. The molecular formula is C12H17BrN4. The van der Waals surface area contributed by atoms with Crippen LogP contribution in [0.2, 0.25) is 0 Å². The lowest BCUT2D eigenvalue weighted by Crippen LogP contribution is -2.41. The van der Waals surface area contributed by atoms with Crippen molar-refractivity contribution in [3.8, 4) is 0 Å². The van der Waals surface area contributed by atoms with Gasteiger partial charge in [-0.3, -0.25) is 4.90 Å². The molecule has 1 N–H and O–H groups in total. The Morgan fingerprint density at radius 3 is 2.82 bits per heavy atom. The van der Waals surface area contributed by atoms with E-state index in [1.54, 1.807) is 12.4 Å². The van der Waals surface area contributed by atoms with Crippen molar-refractivity contribution >= 4 is 21.9 Å². The second kappa shape index (κ2) is 4.90. The molecule has 0 amide bonds. The third kappa shape index (κ3) is 2.45. The van der Waals surface area contributed by atoms with Crippen LogP contribution in [0.4, 0.5) is 5.95 Å². The molecule has 0 radical (unpaired) electrons. The summed E-state index contributed by atoms with van der Waals surface area (Å²) < 4.78 is 0.925. The zero-order valence-corrected chi connectivity index (χ0v) is 11.4. The Morgan fingerprint density at radius 1 is 1.18 bits per heavy atom. The van der Waals surface area contributed by atoms with Crippen LogP contribution in [0.3, 0.4) is 0 Å². The predicted octanol–water partition coefficient (Wildman–Crippen LogP) is 2.28. The normalized spacial score (nSPS) is 29.0. The first kappa shape index (κ1) is 11.4. The number of hydrogen-bond donors (Lipinski definition) is 1. The standard InChI is InChI=1S/C12H17BrN4/c13-9-7-14-12(15-8-9)16-10-4-6-17-5-2-1-3-11(10)17/h7-8,10-11H,1-6H2,(H,14,15,16)/t10-,11+/m0/s1. The van der Waals surface area contributed by atoms with Gasteiger partial charge in [-0.05, 0) is 41.7 Å². The van der Waals surface area contributed by atoms with Crippen molar-refractivity contribution in [3.05, 3.63) is 16.9 Å². The van der Waals surface area contributed by atoms with Gasteiger partial charge in [-0.25, -0.2) is 9.97 Å². The van der Waals surface area contributed by atoms with Gasteiger partial charge >= 0.3 is 0 Å². The molecule has 0 unspecified atom stereocenters. The van der Waals surface area contributed by atoms with Crippen molar-refractivity contribution in [1.29, 1.82) is 0 Å². The zero-order chi connectivity index (χ0) is 11.7. The molecule has 2 atom stereocenters. The number of nitrogens with zero attached hydrogens (tertiary/aromatic N) is 3. The fourth-order valence-electron chi connectivity index (χ4n) is 2.97. The van der Waals surface area contributed by atoms with E-state index < -0.39 is 0 Å². The summed E-state index contributed by atoms with van der Waals surface area (Å²) in [5.41, 5.74) is 0. The van der Waals surface area contributed by atoms with E-state index in [9.17, 15) is 0 Å². The molecule has 0 bridgehead atoms. The highest BCUT2D eigenvalue weighted by Crippen LogP contribution is 2.28. The van der Waals surface area contributed by atoms with Crippen molar-refractivity contribution in [2.75, 3.05) is 18.4 Å². The largest absolute Gasteiger partial charge is 0.350 e. The van der Waals surface area contributed by atoms with Crippen molar-refractivity contribution in [1.82, 2.24) is 14.9 Å². The quantitative estimate of drug-likeness (QED) is 0.909. The maximum Gasteiger partial charge on any atom is 0.222 e. The number of piperidine rings is 1. The molecule has 2 aliphatic rings. The van der Waals surface area contributed by atoms with E-state index in [1.807, 2.05) is 0 Å². The molecular weight excluding hydrogens is 280 g/mol. The van der Waals surface area contributed by atoms with Crippen LogP contribution in [-0.2, 0) is 0 Å². The smallest absolute Gasteiger partial charge is 0.222 e. The number of hydrogen-bond acceptors (Lipinski definition) is 4. The highest BCUT2D eigenvalue weighted by atomic mass is 79.9. The van der Waals surface area contributed by atoms with Crippen molar-refractivity contribution in [3.63, 3.8) is 0 Å². The van der Waals surface area contributed by atoms with Crippen molar-refractivity contribution in [2.24, 2.45) is 0 Å². The molecule has 2 fully saturated rings. The van der Waals surface area contributed by atoms with Gasteiger partial charge in [0.05, 0.1) is 4.47 Å². The minimum Gasteiger partial charge on any atom is -0.350 e. The Morgan fingerprint density at radius 2 is 2.00 bits per heavy atom. The SMILES string of the molecule is Brc1cnc(N[C@H]2CCN3CCCC[C@H]23)nc1. The van der Waals surface area contributed by atoms with E-state index in [1.165, 1.54) is 38.8 Å². The van der Waals surface area contributed by atoms with Gasteiger partial charge in [0, 0.05) is 31.0 Å². The molecule has 2 aliphatic heterocycles. The molecule has 92 valence electrons. The molecule has 2 saturated heterocycles. The summed E-state index contributed by atoms with van der Waals surface area (Å²) >= 11 is 3.35. The summed E-state index contributed by atoms with van der Waals surface area (Å²) in [6.45, 7) is 2.49. The maximum atomic E-state index is 4.29. The van der Waals surface area contributed by atoms with Gasteiger partial charge in [-0.1, -0.05) is 6.42 Å². The van der Waals surface area contributed by atoms with Crippen LogP contribution in [0.25, 0.3) is 0 Å². The third-order valence-corrected chi connectivity index (χ3v) is 4.20. The third-order valence-electron chi connectivity index (χ3n) is 3.79. The van der Waals surface area contributed by atoms with Gasteiger partial charge in [0.25, 0.3) is 0 Å². The van der Waals surface area contributed by atoms with Crippen LogP contribution in [0, 0.1) is 0 Å². The van der Waals surface area contributed by atoms with Gasteiger partial charge in [0.1, 0.15) is 0 Å².